The van der Waals surface area contributed by atoms with Crippen LogP contribution >= 0.6 is 0 Å². The standard InChI is InChI=1S/C7H17N/c1-4-6-8(3)7-5-2/h4-7H2,1-3H3. The Hall–Kier alpha value is -0.0400. The molecule has 0 saturated carbocycles. The molecule has 0 saturated heterocycles. The van der Waals surface area contributed by atoms with Gasteiger partial charge in [-0.1, -0.05) is 13.8 Å². The van der Waals surface area contributed by atoms with Crippen molar-refractivity contribution in [3.8, 4) is 0 Å². The Kier molecular flexibility index (Phi) is 5.08. The summed E-state index contributed by atoms with van der Waals surface area (Å²) in [4.78, 5) is 2.36. The second kappa shape index (κ2) is 5.10. The normalized spacial score (nSPS) is 10.5. The quantitative estimate of drug-likeness (QED) is 0.539. The predicted molar refractivity (Wildman–Crippen MR) is 38.1 cm³/mol. The van der Waals surface area contributed by atoms with Gasteiger partial charge in [-0.3, -0.25) is 0 Å². The molecule has 0 N–H and O–H groups in total. The molecule has 0 aliphatic carbocycles. The first-order valence-corrected chi connectivity index (χ1v) is 3.49. The van der Waals surface area contributed by atoms with Crippen molar-refractivity contribution in [1.82, 2.24) is 4.90 Å². The van der Waals surface area contributed by atoms with Crippen molar-refractivity contribution in [2.24, 2.45) is 0 Å². The highest BCUT2D eigenvalue weighted by Crippen LogP contribution is 1.86. The summed E-state index contributed by atoms with van der Waals surface area (Å²) in [5.41, 5.74) is 0. The Morgan fingerprint density at radius 2 is 1.38 bits per heavy atom. The fourth-order valence-electron chi connectivity index (χ4n) is 0.875. The minimum absolute atomic E-state index is 1.24. The molecule has 50 valence electrons. The van der Waals surface area contributed by atoms with Gasteiger partial charge in [-0.25, -0.2) is 0 Å². The van der Waals surface area contributed by atoms with Crippen LogP contribution in [0.1, 0.15) is 26.7 Å². The molecule has 0 aliphatic heterocycles. The lowest BCUT2D eigenvalue weighted by Gasteiger charge is -2.12. The molecule has 0 aromatic heterocycles. The SMILES string of the molecule is CCCN(C)CCC. The number of nitrogens with zero attached hydrogens (tertiary/aromatic N) is 1. The zero-order valence-electron chi connectivity index (χ0n) is 6.28. The molecule has 0 radical (unpaired) electrons. The van der Waals surface area contributed by atoms with Crippen molar-refractivity contribution in [3.05, 3.63) is 0 Å². The van der Waals surface area contributed by atoms with E-state index in [1.54, 1.807) is 0 Å². The van der Waals surface area contributed by atoms with Crippen LogP contribution in [0.3, 0.4) is 0 Å². The van der Waals surface area contributed by atoms with Crippen molar-refractivity contribution >= 4 is 0 Å². The van der Waals surface area contributed by atoms with Gasteiger partial charge in [0.25, 0.3) is 0 Å². The Morgan fingerprint density at radius 1 is 1.00 bits per heavy atom. The lowest BCUT2D eigenvalue weighted by atomic mass is 10.4. The second-order valence-electron chi connectivity index (χ2n) is 2.30. The van der Waals surface area contributed by atoms with Crippen molar-refractivity contribution < 1.29 is 0 Å². The van der Waals surface area contributed by atoms with E-state index in [0.29, 0.717) is 0 Å². The first kappa shape index (κ1) is 7.96. The molecule has 0 unspecified atom stereocenters. The maximum atomic E-state index is 2.36. The van der Waals surface area contributed by atoms with Crippen molar-refractivity contribution in [3.63, 3.8) is 0 Å². The Balaban J connectivity index is 2.92. The van der Waals surface area contributed by atoms with E-state index in [2.05, 4.69) is 25.8 Å². The highest BCUT2D eigenvalue weighted by molar-refractivity contribution is 4.45. The summed E-state index contributed by atoms with van der Waals surface area (Å²) in [5.74, 6) is 0. The lowest BCUT2D eigenvalue weighted by Crippen LogP contribution is -2.19. The topological polar surface area (TPSA) is 3.24 Å². The summed E-state index contributed by atoms with van der Waals surface area (Å²) < 4.78 is 0. The molecule has 0 rings (SSSR count). The van der Waals surface area contributed by atoms with Crippen LogP contribution in [0.15, 0.2) is 0 Å². The van der Waals surface area contributed by atoms with Crippen molar-refractivity contribution in [1.29, 1.82) is 0 Å². The van der Waals surface area contributed by atoms with E-state index < -0.39 is 0 Å². The first-order chi connectivity index (χ1) is 3.81. The molecule has 0 bridgehead atoms. The summed E-state index contributed by atoms with van der Waals surface area (Å²) >= 11 is 0. The third-order valence-corrected chi connectivity index (χ3v) is 1.21. The van der Waals surface area contributed by atoms with Crippen LogP contribution in [0, 0.1) is 0 Å². The molecule has 0 aromatic carbocycles. The third-order valence-electron chi connectivity index (χ3n) is 1.21. The zero-order chi connectivity index (χ0) is 6.41. The van der Waals surface area contributed by atoms with Crippen LogP contribution in [0.25, 0.3) is 0 Å². The smallest absolute Gasteiger partial charge is 0.00244 e. The van der Waals surface area contributed by atoms with Crippen molar-refractivity contribution in [2.45, 2.75) is 26.7 Å². The van der Waals surface area contributed by atoms with Gasteiger partial charge in [0.05, 0.1) is 0 Å². The largest absolute Gasteiger partial charge is 0.306 e. The van der Waals surface area contributed by atoms with E-state index in [9.17, 15) is 0 Å². The molecule has 8 heavy (non-hydrogen) atoms. The Bertz CT molecular complexity index is 37.7. The summed E-state index contributed by atoms with van der Waals surface area (Å²) in [5, 5.41) is 0. The minimum atomic E-state index is 1.24. The van der Waals surface area contributed by atoms with Gasteiger partial charge in [0, 0.05) is 0 Å². The van der Waals surface area contributed by atoms with E-state index >= 15 is 0 Å². The maximum Gasteiger partial charge on any atom is -0.00244 e. The minimum Gasteiger partial charge on any atom is -0.306 e. The van der Waals surface area contributed by atoms with Crippen LogP contribution in [-0.2, 0) is 0 Å². The summed E-state index contributed by atoms with van der Waals surface area (Å²) in [7, 11) is 2.17. The van der Waals surface area contributed by atoms with E-state index in [-0.39, 0.29) is 0 Å². The predicted octanol–water partition coefficient (Wildman–Crippen LogP) is 1.74. The Labute approximate surface area is 52.7 Å². The summed E-state index contributed by atoms with van der Waals surface area (Å²) in [6.07, 6.45) is 2.55. The molecule has 0 fully saturated rings. The molecule has 0 aliphatic rings. The van der Waals surface area contributed by atoms with Gasteiger partial charge in [-0.15, -0.1) is 0 Å². The fourth-order valence-corrected chi connectivity index (χ4v) is 0.875. The highest BCUT2D eigenvalue weighted by atomic mass is 15.1. The van der Waals surface area contributed by atoms with Gasteiger partial charge in [-0.05, 0) is 33.0 Å². The van der Waals surface area contributed by atoms with E-state index in [0.717, 1.165) is 0 Å². The van der Waals surface area contributed by atoms with Crippen molar-refractivity contribution in [2.75, 3.05) is 20.1 Å². The van der Waals surface area contributed by atoms with E-state index in [1.807, 2.05) is 0 Å². The molecule has 0 amide bonds. The molecular formula is C7H17N. The average molecular weight is 115 g/mol. The van der Waals surface area contributed by atoms with Gasteiger partial charge in [0.1, 0.15) is 0 Å². The molecular weight excluding hydrogens is 98.1 g/mol. The maximum absolute atomic E-state index is 2.36. The van der Waals surface area contributed by atoms with Crippen LogP contribution < -0.4 is 0 Å². The van der Waals surface area contributed by atoms with Gasteiger partial charge in [0.15, 0.2) is 0 Å². The second-order valence-corrected chi connectivity index (χ2v) is 2.30. The van der Waals surface area contributed by atoms with Gasteiger partial charge < -0.3 is 4.90 Å². The molecule has 1 heteroatoms. The van der Waals surface area contributed by atoms with Gasteiger partial charge in [-0.2, -0.15) is 0 Å². The van der Waals surface area contributed by atoms with Gasteiger partial charge >= 0.3 is 0 Å². The highest BCUT2D eigenvalue weighted by Gasteiger charge is 1.90. The van der Waals surface area contributed by atoms with Crippen LogP contribution in [0.5, 0.6) is 0 Å². The fraction of sp³-hybridized carbons (Fsp3) is 1.00. The molecule has 0 spiro atoms. The van der Waals surface area contributed by atoms with Gasteiger partial charge in [0.2, 0.25) is 0 Å². The third kappa shape index (κ3) is 4.13. The molecule has 0 atom stereocenters. The zero-order valence-corrected chi connectivity index (χ0v) is 6.28. The molecule has 0 aromatic rings. The van der Waals surface area contributed by atoms with E-state index in [1.165, 1.54) is 25.9 Å². The van der Waals surface area contributed by atoms with E-state index in [4.69, 9.17) is 0 Å². The van der Waals surface area contributed by atoms with Crippen LogP contribution in [-0.4, -0.2) is 25.0 Å². The monoisotopic (exact) mass is 115 g/mol. The summed E-state index contributed by atoms with van der Waals surface area (Å²) in [6.45, 7) is 6.92. The van der Waals surface area contributed by atoms with Crippen LogP contribution in [0.4, 0.5) is 0 Å². The number of hydrogen-bond acceptors (Lipinski definition) is 1. The summed E-state index contributed by atoms with van der Waals surface area (Å²) in [6, 6.07) is 0. The lowest BCUT2D eigenvalue weighted by molar-refractivity contribution is 0.335. The molecule has 1 nitrogen and oxygen atoms in total. The Morgan fingerprint density at radius 3 is 1.62 bits per heavy atom. The average Bonchev–Trinajstić information content (AvgIpc) is 1.68. The van der Waals surface area contributed by atoms with Crippen LogP contribution in [0.2, 0.25) is 0 Å². The number of hydrogen-bond donors (Lipinski definition) is 0. The molecule has 0 heterocycles. The first-order valence-electron chi connectivity index (χ1n) is 3.49. The number of rotatable bonds is 4.